The molecule has 23 heavy (non-hydrogen) atoms. The highest BCUT2D eigenvalue weighted by molar-refractivity contribution is 6.31. The van der Waals surface area contributed by atoms with Crippen LogP contribution >= 0.6 is 11.6 Å². The van der Waals surface area contributed by atoms with E-state index in [1.165, 1.54) is 18.2 Å². The molecule has 7 heteroatoms. The van der Waals surface area contributed by atoms with Gasteiger partial charge in [0.05, 0.1) is 18.7 Å². The number of ether oxygens (including phenoxy) is 2. The van der Waals surface area contributed by atoms with Gasteiger partial charge in [-0.15, -0.1) is 0 Å². The smallest absolute Gasteiger partial charge is 0.319 e. The molecule has 0 unspecified atom stereocenters. The van der Waals surface area contributed by atoms with Crippen molar-refractivity contribution in [1.29, 1.82) is 0 Å². The van der Waals surface area contributed by atoms with Crippen LogP contribution in [0, 0.1) is 5.82 Å². The van der Waals surface area contributed by atoms with Crippen LogP contribution in [0.25, 0.3) is 0 Å². The molecule has 2 N–H and O–H groups in total. The van der Waals surface area contributed by atoms with Crippen molar-refractivity contribution in [3.63, 3.8) is 0 Å². The second-order valence-electron chi connectivity index (χ2n) is 4.54. The summed E-state index contributed by atoms with van der Waals surface area (Å²) in [5, 5.41) is 5.12. The van der Waals surface area contributed by atoms with Gasteiger partial charge >= 0.3 is 6.03 Å². The molecule has 0 radical (unpaired) electrons. The van der Waals surface area contributed by atoms with Crippen molar-refractivity contribution in [2.45, 2.75) is 0 Å². The first-order chi connectivity index (χ1) is 11.1. The van der Waals surface area contributed by atoms with E-state index in [-0.39, 0.29) is 5.02 Å². The first kappa shape index (κ1) is 16.9. The number of methoxy groups -OCH3 is 1. The fraction of sp³-hybridized carbons (Fsp3) is 0.188. The number of carbonyl (C=O) groups is 1. The molecule has 2 aromatic carbocycles. The molecule has 0 atom stereocenters. The van der Waals surface area contributed by atoms with Gasteiger partial charge in [0.15, 0.2) is 0 Å². The number of carbonyl (C=O) groups excluding carboxylic acids is 1. The van der Waals surface area contributed by atoms with Crippen LogP contribution in [0.5, 0.6) is 11.5 Å². The predicted molar refractivity (Wildman–Crippen MR) is 86.9 cm³/mol. The first-order valence-corrected chi connectivity index (χ1v) is 7.23. The van der Waals surface area contributed by atoms with Crippen molar-refractivity contribution in [3.8, 4) is 11.5 Å². The van der Waals surface area contributed by atoms with E-state index in [0.717, 1.165) is 0 Å². The van der Waals surface area contributed by atoms with E-state index in [1.807, 2.05) is 12.1 Å². The Morgan fingerprint density at radius 2 is 2.00 bits per heavy atom. The van der Waals surface area contributed by atoms with Crippen LogP contribution in [0.1, 0.15) is 0 Å². The number of amides is 2. The minimum Gasteiger partial charge on any atom is -0.497 e. The third kappa shape index (κ3) is 5.34. The lowest BCUT2D eigenvalue weighted by Crippen LogP contribution is -2.32. The number of nitrogens with one attached hydrogen (secondary N) is 2. The summed E-state index contributed by atoms with van der Waals surface area (Å²) in [5.74, 6) is 0.808. The number of rotatable bonds is 6. The third-order valence-electron chi connectivity index (χ3n) is 2.88. The fourth-order valence-electron chi connectivity index (χ4n) is 1.77. The van der Waals surface area contributed by atoms with Gasteiger partial charge < -0.3 is 20.1 Å². The number of halogens is 2. The molecule has 0 heterocycles. The highest BCUT2D eigenvalue weighted by Gasteiger charge is 2.04. The van der Waals surface area contributed by atoms with Gasteiger partial charge in [-0.2, -0.15) is 0 Å². The molecule has 2 amide bonds. The van der Waals surface area contributed by atoms with Gasteiger partial charge in [-0.25, -0.2) is 9.18 Å². The van der Waals surface area contributed by atoms with Crippen LogP contribution in [-0.2, 0) is 0 Å². The van der Waals surface area contributed by atoms with E-state index in [9.17, 15) is 9.18 Å². The molecule has 0 aliphatic heterocycles. The lowest BCUT2D eigenvalue weighted by Gasteiger charge is -2.10. The molecule has 0 saturated heterocycles. The lowest BCUT2D eigenvalue weighted by atomic mass is 10.3. The van der Waals surface area contributed by atoms with Crippen molar-refractivity contribution in [1.82, 2.24) is 5.32 Å². The van der Waals surface area contributed by atoms with E-state index in [2.05, 4.69) is 10.6 Å². The maximum atomic E-state index is 13.0. The van der Waals surface area contributed by atoms with Crippen molar-refractivity contribution in [3.05, 3.63) is 53.3 Å². The second-order valence-corrected chi connectivity index (χ2v) is 4.94. The Labute approximate surface area is 138 Å². The van der Waals surface area contributed by atoms with Gasteiger partial charge in [0.1, 0.15) is 23.9 Å². The van der Waals surface area contributed by atoms with Gasteiger partial charge in [0.25, 0.3) is 0 Å². The standard InChI is InChI=1S/C16H16ClFN2O3/c1-22-12-3-2-4-13(10-12)23-8-7-19-16(21)20-11-5-6-15(18)14(17)9-11/h2-6,9-10H,7-8H2,1H3,(H2,19,20,21). The minimum atomic E-state index is -0.538. The van der Waals surface area contributed by atoms with Crippen LogP contribution in [-0.4, -0.2) is 26.3 Å². The summed E-state index contributed by atoms with van der Waals surface area (Å²) < 4.78 is 23.6. The van der Waals surface area contributed by atoms with Crippen molar-refractivity contribution in [2.24, 2.45) is 0 Å². The average Bonchev–Trinajstić information content (AvgIpc) is 2.55. The van der Waals surface area contributed by atoms with Gasteiger partial charge in [-0.3, -0.25) is 0 Å². The highest BCUT2D eigenvalue weighted by atomic mass is 35.5. The van der Waals surface area contributed by atoms with Crippen LogP contribution in [0.2, 0.25) is 5.02 Å². The van der Waals surface area contributed by atoms with Gasteiger partial charge in [0.2, 0.25) is 0 Å². The quantitative estimate of drug-likeness (QED) is 0.790. The number of urea groups is 1. The van der Waals surface area contributed by atoms with E-state index in [4.69, 9.17) is 21.1 Å². The Balaban J connectivity index is 1.73. The molecule has 5 nitrogen and oxygen atoms in total. The molecule has 122 valence electrons. The van der Waals surface area contributed by atoms with Crippen molar-refractivity contribution >= 4 is 23.3 Å². The minimum absolute atomic E-state index is 0.0517. The monoisotopic (exact) mass is 338 g/mol. The van der Waals surface area contributed by atoms with E-state index in [1.54, 1.807) is 19.2 Å². The van der Waals surface area contributed by atoms with Crippen LogP contribution in [0.4, 0.5) is 14.9 Å². The van der Waals surface area contributed by atoms with Gasteiger partial charge in [-0.05, 0) is 30.3 Å². The summed E-state index contributed by atoms with van der Waals surface area (Å²) in [4.78, 5) is 11.7. The molecule has 2 rings (SSSR count). The summed E-state index contributed by atoms with van der Waals surface area (Å²) >= 11 is 5.64. The highest BCUT2D eigenvalue weighted by Crippen LogP contribution is 2.19. The van der Waals surface area contributed by atoms with E-state index in [0.29, 0.717) is 30.3 Å². The van der Waals surface area contributed by atoms with E-state index < -0.39 is 11.8 Å². The Morgan fingerprint density at radius 1 is 1.22 bits per heavy atom. The number of hydrogen-bond acceptors (Lipinski definition) is 3. The summed E-state index contributed by atoms with van der Waals surface area (Å²) in [6.07, 6.45) is 0. The number of benzene rings is 2. The Morgan fingerprint density at radius 3 is 2.74 bits per heavy atom. The van der Waals surface area contributed by atoms with Crippen LogP contribution < -0.4 is 20.1 Å². The summed E-state index contributed by atoms with van der Waals surface area (Å²) in [7, 11) is 1.58. The van der Waals surface area contributed by atoms with Crippen LogP contribution in [0.15, 0.2) is 42.5 Å². The largest absolute Gasteiger partial charge is 0.497 e. The van der Waals surface area contributed by atoms with E-state index >= 15 is 0 Å². The molecule has 0 saturated carbocycles. The molecule has 0 bridgehead atoms. The van der Waals surface area contributed by atoms with Crippen molar-refractivity contribution < 1.29 is 18.7 Å². The molecular weight excluding hydrogens is 323 g/mol. The lowest BCUT2D eigenvalue weighted by molar-refractivity contribution is 0.247. The van der Waals surface area contributed by atoms with Gasteiger partial charge in [-0.1, -0.05) is 17.7 Å². The topological polar surface area (TPSA) is 59.6 Å². The Hall–Kier alpha value is -2.47. The number of anilines is 1. The normalized spacial score (nSPS) is 10.0. The SMILES string of the molecule is COc1cccc(OCCNC(=O)Nc2ccc(F)c(Cl)c2)c1. The molecule has 0 aliphatic rings. The predicted octanol–water partition coefficient (Wildman–Crippen LogP) is 3.69. The third-order valence-corrected chi connectivity index (χ3v) is 3.16. The number of hydrogen-bond donors (Lipinski definition) is 2. The Kier molecular flexibility index (Phi) is 6.05. The molecule has 2 aromatic rings. The van der Waals surface area contributed by atoms with Gasteiger partial charge in [0, 0.05) is 11.8 Å². The first-order valence-electron chi connectivity index (χ1n) is 6.85. The summed E-state index contributed by atoms with van der Waals surface area (Å²) in [6, 6.07) is 10.7. The van der Waals surface area contributed by atoms with Crippen LogP contribution in [0.3, 0.4) is 0 Å². The zero-order valence-corrected chi connectivity index (χ0v) is 13.2. The molecular formula is C16H16ClFN2O3. The zero-order valence-electron chi connectivity index (χ0n) is 12.4. The van der Waals surface area contributed by atoms with Crippen molar-refractivity contribution in [2.75, 3.05) is 25.6 Å². The second kappa shape index (κ2) is 8.24. The molecule has 0 spiro atoms. The molecule has 0 aromatic heterocycles. The molecule has 0 aliphatic carbocycles. The zero-order chi connectivity index (χ0) is 16.7. The summed E-state index contributed by atoms with van der Waals surface area (Å²) in [6.45, 7) is 0.600. The maximum Gasteiger partial charge on any atom is 0.319 e. The fourth-order valence-corrected chi connectivity index (χ4v) is 1.95. The molecule has 0 fully saturated rings. The summed E-state index contributed by atoms with van der Waals surface area (Å²) in [5.41, 5.74) is 0.405. The maximum absolute atomic E-state index is 13.0. The Bertz CT molecular complexity index is 682. The average molecular weight is 339 g/mol.